The summed E-state index contributed by atoms with van der Waals surface area (Å²) in [6, 6.07) is 8.97. The largest absolute Gasteiger partial charge is 0.393 e. The van der Waals surface area contributed by atoms with Crippen molar-refractivity contribution in [3.63, 3.8) is 0 Å². The predicted octanol–water partition coefficient (Wildman–Crippen LogP) is 4.12. The van der Waals surface area contributed by atoms with E-state index in [1.54, 1.807) is 30.6 Å². The van der Waals surface area contributed by atoms with E-state index in [9.17, 15) is 0 Å². The summed E-state index contributed by atoms with van der Waals surface area (Å²) < 4.78 is 0. The summed E-state index contributed by atoms with van der Waals surface area (Å²) in [5, 5.41) is 7.29. The van der Waals surface area contributed by atoms with Crippen LogP contribution in [0, 0.1) is 0 Å². The molecule has 1 aromatic carbocycles. The Morgan fingerprint density at radius 2 is 1.92 bits per heavy atom. The molecule has 0 radical (unpaired) electrons. The lowest BCUT2D eigenvalue weighted by Crippen LogP contribution is -2.08. The molecule has 4 N–H and O–H groups in total. The van der Waals surface area contributed by atoms with Crippen LogP contribution in [0.5, 0.6) is 0 Å². The zero-order valence-electron chi connectivity index (χ0n) is 12.5. The van der Waals surface area contributed by atoms with Gasteiger partial charge < -0.3 is 16.4 Å². The van der Waals surface area contributed by atoms with E-state index in [-0.39, 0.29) is 0 Å². The Morgan fingerprint density at radius 1 is 1.08 bits per heavy atom. The molecule has 2 aromatic heterocycles. The summed E-state index contributed by atoms with van der Waals surface area (Å²) in [6.45, 7) is 0.552. The molecule has 0 fully saturated rings. The van der Waals surface area contributed by atoms with E-state index in [0.717, 1.165) is 5.56 Å². The van der Waals surface area contributed by atoms with Gasteiger partial charge in [-0.15, -0.1) is 0 Å². The molecule has 0 bridgehead atoms. The second-order valence-corrected chi connectivity index (χ2v) is 5.79. The highest BCUT2D eigenvalue weighted by Crippen LogP contribution is 2.31. The first kappa shape index (κ1) is 16.3. The molecule has 0 saturated heterocycles. The maximum absolute atomic E-state index is 6.16. The van der Waals surface area contributed by atoms with Crippen molar-refractivity contribution < 1.29 is 0 Å². The van der Waals surface area contributed by atoms with Crippen molar-refractivity contribution in [1.29, 1.82) is 0 Å². The number of pyridine rings is 1. The number of aromatic nitrogens is 3. The maximum Gasteiger partial charge on any atom is 0.159 e. The van der Waals surface area contributed by atoms with Crippen LogP contribution in [-0.4, -0.2) is 15.0 Å². The zero-order chi connectivity index (χ0) is 16.9. The molecule has 122 valence electrons. The molecule has 0 saturated carbocycles. The van der Waals surface area contributed by atoms with E-state index in [1.165, 1.54) is 6.33 Å². The van der Waals surface area contributed by atoms with E-state index in [0.29, 0.717) is 39.6 Å². The summed E-state index contributed by atoms with van der Waals surface area (Å²) in [5.41, 5.74) is 8.21. The van der Waals surface area contributed by atoms with Gasteiger partial charge in [-0.2, -0.15) is 0 Å². The van der Waals surface area contributed by atoms with E-state index < -0.39 is 0 Å². The average molecular weight is 361 g/mol. The molecule has 0 aliphatic heterocycles. The van der Waals surface area contributed by atoms with Gasteiger partial charge in [0.15, 0.2) is 11.6 Å². The zero-order valence-corrected chi connectivity index (χ0v) is 14.0. The highest BCUT2D eigenvalue weighted by atomic mass is 35.5. The fraction of sp³-hybridized carbons (Fsp3) is 0.0625. The topological polar surface area (TPSA) is 88.8 Å². The van der Waals surface area contributed by atoms with Gasteiger partial charge in [-0.1, -0.05) is 29.3 Å². The molecule has 0 aliphatic rings. The number of rotatable bonds is 5. The number of hydrogen-bond acceptors (Lipinski definition) is 6. The van der Waals surface area contributed by atoms with Gasteiger partial charge in [-0.05, 0) is 29.8 Å². The number of nitrogen functional groups attached to an aromatic ring is 1. The van der Waals surface area contributed by atoms with Gasteiger partial charge in [0.05, 0.1) is 10.7 Å². The summed E-state index contributed by atoms with van der Waals surface area (Å²) in [5.74, 6) is 0.990. The molecule has 6 nitrogen and oxygen atoms in total. The van der Waals surface area contributed by atoms with E-state index in [4.69, 9.17) is 28.9 Å². The first-order chi connectivity index (χ1) is 11.6. The van der Waals surface area contributed by atoms with Crippen molar-refractivity contribution in [2.24, 2.45) is 0 Å². The third-order valence-corrected chi connectivity index (χ3v) is 3.80. The molecule has 2 heterocycles. The van der Waals surface area contributed by atoms with Crippen molar-refractivity contribution in [2.45, 2.75) is 6.54 Å². The third kappa shape index (κ3) is 3.84. The quantitative estimate of drug-likeness (QED) is 0.634. The van der Waals surface area contributed by atoms with Crippen LogP contribution in [0.3, 0.4) is 0 Å². The lowest BCUT2D eigenvalue weighted by atomic mass is 10.3. The third-order valence-electron chi connectivity index (χ3n) is 3.25. The minimum absolute atomic E-state index is 0.396. The average Bonchev–Trinajstić information content (AvgIpc) is 2.59. The van der Waals surface area contributed by atoms with Crippen LogP contribution < -0.4 is 16.4 Å². The molecule has 24 heavy (non-hydrogen) atoms. The lowest BCUT2D eigenvalue weighted by molar-refractivity contribution is 1.07. The molecule has 0 atom stereocenters. The molecule has 0 aliphatic carbocycles. The Bertz CT molecular complexity index is 841. The Labute approximate surface area is 149 Å². The van der Waals surface area contributed by atoms with Gasteiger partial charge in [0.1, 0.15) is 12.0 Å². The second kappa shape index (κ2) is 7.33. The molecule has 0 unspecified atom stereocenters. The van der Waals surface area contributed by atoms with Crippen LogP contribution in [0.15, 0.2) is 49.1 Å². The van der Waals surface area contributed by atoms with Gasteiger partial charge in [0.2, 0.25) is 0 Å². The van der Waals surface area contributed by atoms with E-state index in [2.05, 4.69) is 25.6 Å². The number of hydrogen-bond donors (Lipinski definition) is 3. The fourth-order valence-corrected chi connectivity index (χ4v) is 2.50. The smallest absolute Gasteiger partial charge is 0.159 e. The highest BCUT2D eigenvalue weighted by Gasteiger charge is 2.10. The number of benzene rings is 1. The van der Waals surface area contributed by atoms with Crippen LogP contribution in [-0.2, 0) is 6.54 Å². The predicted molar refractivity (Wildman–Crippen MR) is 97.8 cm³/mol. The molecule has 3 rings (SSSR count). The number of nitrogens with zero attached hydrogens (tertiary/aromatic N) is 3. The molecular formula is C16H14Cl2N6. The number of nitrogens with two attached hydrogens (primary N) is 1. The molecule has 8 heteroatoms. The van der Waals surface area contributed by atoms with Crippen molar-refractivity contribution >= 4 is 46.2 Å². The maximum atomic E-state index is 6.16. The van der Waals surface area contributed by atoms with Crippen LogP contribution in [0.4, 0.5) is 23.0 Å². The summed E-state index contributed by atoms with van der Waals surface area (Å²) in [7, 11) is 0. The minimum Gasteiger partial charge on any atom is -0.393 e. The van der Waals surface area contributed by atoms with Gasteiger partial charge in [0.25, 0.3) is 0 Å². The first-order valence-electron chi connectivity index (χ1n) is 7.09. The van der Waals surface area contributed by atoms with Gasteiger partial charge in [-0.3, -0.25) is 4.98 Å². The Kier molecular flexibility index (Phi) is 4.98. The van der Waals surface area contributed by atoms with Crippen molar-refractivity contribution in [2.75, 3.05) is 16.4 Å². The fourth-order valence-electron chi connectivity index (χ4n) is 2.04. The standard InChI is InChI=1S/C16H14Cl2N6/c17-11-3-4-13(12(18)6-11)24-16-14(19)15(22-9-23-16)21-8-10-2-1-5-20-7-10/h1-7,9H,8,19H2,(H2,21,22,23,24). The second-order valence-electron chi connectivity index (χ2n) is 4.95. The Hall–Kier alpha value is -2.57. The van der Waals surface area contributed by atoms with E-state index >= 15 is 0 Å². The minimum atomic E-state index is 0.396. The van der Waals surface area contributed by atoms with Crippen LogP contribution in [0.25, 0.3) is 0 Å². The normalized spacial score (nSPS) is 10.4. The summed E-state index contributed by atoms with van der Waals surface area (Å²) >= 11 is 12.1. The van der Waals surface area contributed by atoms with E-state index in [1.807, 2.05) is 12.1 Å². The van der Waals surface area contributed by atoms with Crippen molar-refractivity contribution in [3.05, 3.63) is 64.7 Å². The SMILES string of the molecule is Nc1c(NCc2cccnc2)ncnc1Nc1ccc(Cl)cc1Cl. The number of anilines is 4. The van der Waals surface area contributed by atoms with Crippen molar-refractivity contribution in [3.8, 4) is 0 Å². The summed E-state index contributed by atoms with van der Waals surface area (Å²) in [6.07, 6.45) is 4.92. The van der Waals surface area contributed by atoms with Gasteiger partial charge in [-0.25, -0.2) is 9.97 Å². The van der Waals surface area contributed by atoms with Crippen LogP contribution in [0.1, 0.15) is 5.56 Å². The molecule has 0 spiro atoms. The monoisotopic (exact) mass is 360 g/mol. The molecular weight excluding hydrogens is 347 g/mol. The highest BCUT2D eigenvalue weighted by molar-refractivity contribution is 6.36. The summed E-state index contributed by atoms with van der Waals surface area (Å²) in [4.78, 5) is 12.4. The van der Waals surface area contributed by atoms with Crippen molar-refractivity contribution in [1.82, 2.24) is 15.0 Å². The van der Waals surface area contributed by atoms with Gasteiger partial charge in [0, 0.05) is 24.0 Å². The molecule has 0 amide bonds. The Morgan fingerprint density at radius 3 is 2.67 bits per heavy atom. The van der Waals surface area contributed by atoms with Crippen LogP contribution >= 0.6 is 23.2 Å². The first-order valence-corrected chi connectivity index (χ1v) is 7.84. The van der Waals surface area contributed by atoms with Crippen LogP contribution in [0.2, 0.25) is 10.0 Å². The Balaban J connectivity index is 1.78. The number of nitrogens with one attached hydrogen (secondary N) is 2. The number of halogens is 2. The molecule has 3 aromatic rings. The lowest BCUT2D eigenvalue weighted by Gasteiger charge is -2.13. The van der Waals surface area contributed by atoms with Gasteiger partial charge >= 0.3 is 0 Å².